The van der Waals surface area contributed by atoms with Crippen LogP contribution in [0.2, 0.25) is 0 Å². The van der Waals surface area contributed by atoms with E-state index in [9.17, 15) is 30.1 Å². The topological polar surface area (TPSA) is 200 Å². The maximum atomic E-state index is 13.0. The zero-order chi connectivity index (χ0) is 62.6. The van der Waals surface area contributed by atoms with Gasteiger partial charge in [-0.15, -0.1) is 0 Å². The number of aromatic nitrogens is 2. The summed E-state index contributed by atoms with van der Waals surface area (Å²) in [6, 6.07) is 3.58. The van der Waals surface area contributed by atoms with E-state index in [0.717, 1.165) is 153 Å². The van der Waals surface area contributed by atoms with Crippen molar-refractivity contribution in [1.29, 1.82) is 0 Å². The van der Waals surface area contributed by atoms with Gasteiger partial charge < -0.3 is 25.5 Å². The molecular weight excluding hydrogens is 1110 g/mol. The van der Waals surface area contributed by atoms with Gasteiger partial charge in [0.1, 0.15) is 0 Å². The Hall–Kier alpha value is -3.95. The number of benzene rings is 1. The third-order valence-electron chi connectivity index (χ3n) is 26.1. The SMILES string of the molecule is CC(C)CCC[C@@H](C)[C@H]1CCC2C3CC/C(=N/O)[C@](C)(CCCN(C)C(=O)CCCC[C@@H]4SC[C@@H]5NC(=O)C[C@@H]54)C3CC[C@@]21C.CC(C)CCC[C@@H](C)[C@H]1CCC2C3CC/C(=N/O)[C@](C)(CCCN(C)c4ccc([N+](=O)[O-])c5nonc45)C3CC[C@@]21C. The number of carbonyl (C=O) groups is 2. The molecule has 17 atom stereocenters. The summed E-state index contributed by atoms with van der Waals surface area (Å²) in [4.78, 5) is 39.7. The molecule has 15 nitrogen and oxygen atoms in total. The van der Waals surface area contributed by atoms with Crippen LogP contribution in [-0.4, -0.2) is 98.0 Å². The van der Waals surface area contributed by atoms with Gasteiger partial charge in [-0.05, 0) is 214 Å². The van der Waals surface area contributed by atoms with E-state index in [1.807, 2.05) is 30.8 Å². The Bertz CT molecular complexity index is 2720. The minimum absolute atomic E-state index is 0.0723. The largest absolute Gasteiger partial charge is 0.411 e. The standard InChI is InChI=1S/C38H65N3O3S.C33H51N5O4/c1-25(2)11-9-12-26(3)29-16-17-30-27-15-18-34(40-44)38(5,31(27)19-21-37(29,30)4)20-10-22-41(6)36(43)14-8-7-13-33-28-23-35(42)39-32(28)24-45-33;1-21(2)9-7-10-22(3)24-12-13-25-23-11-16-29(34-39)33(5,26(23)17-19-32(24,25)4)18-8-20-37(6)27-14-15-28(38(40)41)31-30(27)35-42-36-31/h25-33,44H,7-24H2,1-6H3,(H,39,42);14-15,21-26,39H,7-13,16-20H2,1-6H3/b40-34-;34-29-/t26-,27?,28+,29-,30?,31?,32+,33+,37-,38-;22-,23?,24-,25?,26?,32-,33-/m11/s1. The summed E-state index contributed by atoms with van der Waals surface area (Å²) in [7, 11) is 3.95. The molecule has 2 aliphatic heterocycles. The van der Waals surface area contributed by atoms with Gasteiger partial charge in [0.25, 0.3) is 0 Å². The number of amides is 2. The number of anilines is 1. The first-order valence-electron chi connectivity index (χ1n) is 35.2. The number of thioether (sulfide) groups is 1. The predicted molar refractivity (Wildman–Crippen MR) is 352 cm³/mol. The molecule has 3 N–H and O–H groups in total. The Morgan fingerprint density at radius 3 is 1.78 bits per heavy atom. The molecule has 0 radical (unpaired) electrons. The first kappa shape index (κ1) is 67.4. The van der Waals surface area contributed by atoms with E-state index in [1.54, 1.807) is 6.07 Å². The number of nitro groups is 1. The molecule has 10 rings (SSSR count). The minimum atomic E-state index is -0.457. The van der Waals surface area contributed by atoms with Crippen molar-refractivity contribution in [2.24, 2.45) is 109 Å². The monoisotopic (exact) mass is 1220 g/mol. The fraction of sp³-hybridized carbons (Fsp3) is 0.859. The van der Waals surface area contributed by atoms with Crippen LogP contribution < -0.4 is 10.2 Å². The summed E-state index contributed by atoms with van der Waals surface area (Å²) >= 11 is 2.01. The summed E-state index contributed by atoms with van der Waals surface area (Å²) < 4.78 is 4.87. The van der Waals surface area contributed by atoms with Crippen molar-refractivity contribution in [3.05, 3.63) is 22.2 Å². The fourth-order valence-corrected chi connectivity index (χ4v) is 22.9. The van der Waals surface area contributed by atoms with E-state index in [1.165, 1.54) is 102 Å². The third kappa shape index (κ3) is 14.1. The Kier molecular flexibility index (Phi) is 22.2. The molecule has 2 aromatic rings. The maximum Gasteiger partial charge on any atom is 0.300 e. The van der Waals surface area contributed by atoms with Crippen molar-refractivity contribution in [2.45, 2.75) is 254 Å². The normalized spacial score (nSPS) is 36.0. The van der Waals surface area contributed by atoms with Gasteiger partial charge in [0.05, 0.1) is 22.0 Å². The van der Waals surface area contributed by atoms with Crippen molar-refractivity contribution in [3.8, 4) is 0 Å². The van der Waals surface area contributed by atoms with Gasteiger partial charge in [-0.1, -0.05) is 124 Å². The third-order valence-corrected chi connectivity index (χ3v) is 27.6. The lowest BCUT2D eigenvalue weighted by Gasteiger charge is -2.57. The number of carbonyl (C=O) groups excluding carboxylic acids is 2. The molecule has 1 aromatic carbocycles. The highest BCUT2D eigenvalue weighted by atomic mass is 32.2. The lowest BCUT2D eigenvalue weighted by Crippen LogP contribution is -2.52. The highest BCUT2D eigenvalue weighted by Gasteiger charge is 2.61. The molecule has 6 saturated carbocycles. The summed E-state index contributed by atoms with van der Waals surface area (Å²) in [5.74, 6) is 11.0. The molecule has 6 aliphatic carbocycles. The Labute approximate surface area is 527 Å². The zero-order valence-corrected chi connectivity index (χ0v) is 56.8. The number of nitro benzene ring substituents is 1. The average molecular weight is 1230 g/mol. The molecule has 87 heavy (non-hydrogen) atoms. The number of nitrogens with one attached hydrogen (secondary N) is 1. The molecule has 2 amide bonds. The number of unbranched alkanes of at least 4 members (excludes halogenated alkanes) is 1. The van der Waals surface area contributed by atoms with Gasteiger partial charge in [-0.2, -0.15) is 11.8 Å². The predicted octanol–water partition coefficient (Wildman–Crippen LogP) is 17.1. The second-order valence-electron chi connectivity index (χ2n) is 31.7. The lowest BCUT2D eigenvalue weighted by molar-refractivity contribution is -0.383. The van der Waals surface area contributed by atoms with Gasteiger partial charge in [-0.3, -0.25) is 19.7 Å². The fourth-order valence-electron chi connectivity index (χ4n) is 21.3. The van der Waals surface area contributed by atoms with E-state index >= 15 is 0 Å². The summed E-state index contributed by atoms with van der Waals surface area (Å²) in [6.07, 6.45) is 31.1. The first-order valence-corrected chi connectivity index (χ1v) is 36.2. The van der Waals surface area contributed by atoms with Crippen LogP contribution in [0.3, 0.4) is 0 Å². The second kappa shape index (κ2) is 28.7. The quantitative estimate of drug-likeness (QED) is 0.0370. The van der Waals surface area contributed by atoms with Crippen LogP contribution in [0.15, 0.2) is 27.1 Å². The zero-order valence-electron chi connectivity index (χ0n) is 56.0. The van der Waals surface area contributed by atoms with E-state index in [0.29, 0.717) is 64.2 Å². The molecule has 488 valence electrons. The Balaban J connectivity index is 0.000000208. The van der Waals surface area contributed by atoms with E-state index in [-0.39, 0.29) is 33.8 Å². The van der Waals surface area contributed by atoms with Crippen LogP contribution in [0.25, 0.3) is 11.0 Å². The number of fused-ring (bicyclic) bond motifs is 8. The number of oxime groups is 2. The van der Waals surface area contributed by atoms with Crippen molar-refractivity contribution < 1.29 is 29.6 Å². The lowest BCUT2D eigenvalue weighted by atomic mass is 9.47. The molecule has 6 unspecified atom stereocenters. The van der Waals surface area contributed by atoms with Crippen molar-refractivity contribution in [1.82, 2.24) is 20.5 Å². The minimum Gasteiger partial charge on any atom is -0.411 e. The van der Waals surface area contributed by atoms with Crippen molar-refractivity contribution in [2.75, 3.05) is 37.8 Å². The average Bonchev–Trinajstić information content (AvgIpc) is 1.76. The molecular formula is C71H116N8O7S. The summed E-state index contributed by atoms with van der Waals surface area (Å²) in [5.41, 5.74) is 3.95. The van der Waals surface area contributed by atoms with E-state index in [2.05, 4.69) is 100 Å². The highest BCUT2D eigenvalue weighted by Crippen LogP contribution is 2.68. The van der Waals surface area contributed by atoms with Gasteiger partial charge in [0.15, 0.2) is 5.52 Å². The molecule has 8 fully saturated rings. The Morgan fingerprint density at radius 2 is 1.25 bits per heavy atom. The van der Waals surface area contributed by atoms with Crippen LogP contribution in [0, 0.1) is 109 Å². The van der Waals surface area contributed by atoms with Gasteiger partial charge >= 0.3 is 5.69 Å². The van der Waals surface area contributed by atoms with Crippen LogP contribution in [-0.2, 0) is 9.59 Å². The van der Waals surface area contributed by atoms with Crippen molar-refractivity contribution >= 4 is 57.4 Å². The molecule has 3 heterocycles. The second-order valence-corrected chi connectivity index (χ2v) is 33.0. The molecule has 16 heteroatoms. The molecule has 0 bridgehead atoms. The van der Waals surface area contributed by atoms with Crippen LogP contribution >= 0.6 is 11.8 Å². The maximum absolute atomic E-state index is 13.0. The molecule has 0 spiro atoms. The molecule has 2 saturated heterocycles. The van der Waals surface area contributed by atoms with Gasteiger partial charge in [0.2, 0.25) is 17.3 Å². The van der Waals surface area contributed by atoms with Gasteiger partial charge in [0, 0.05) is 79.9 Å². The number of hydrogen-bond donors (Lipinski definition) is 3. The first-order chi connectivity index (χ1) is 41.5. The number of hydrogen-bond acceptors (Lipinski definition) is 13. The smallest absolute Gasteiger partial charge is 0.300 e. The molecule has 1 aromatic heterocycles. The van der Waals surface area contributed by atoms with Gasteiger partial charge in [-0.25, -0.2) is 4.63 Å². The highest BCUT2D eigenvalue weighted by molar-refractivity contribution is 8.00. The van der Waals surface area contributed by atoms with E-state index in [4.69, 9.17) is 4.63 Å². The van der Waals surface area contributed by atoms with Crippen LogP contribution in [0.4, 0.5) is 11.4 Å². The number of nitrogens with zero attached hydrogens (tertiary/aromatic N) is 7. The summed E-state index contributed by atoms with van der Waals surface area (Å²) in [5, 5.41) is 51.0. The number of rotatable bonds is 25. The Morgan fingerprint density at radius 1 is 0.713 bits per heavy atom. The van der Waals surface area contributed by atoms with Crippen LogP contribution in [0.1, 0.15) is 243 Å². The van der Waals surface area contributed by atoms with E-state index < -0.39 is 4.92 Å². The molecule has 8 aliphatic rings. The summed E-state index contributed by atoms with van der Waals surface area (Å²) in [6.45, 7) is 26.0. The number of non-ortho nitro benzene ring substituents is 1. The van der Waals surface area contributed by atoms with Crippen LogP contribution in [0.5, 0.6) is 0 Å². The van der Waals surface area contributed by atoms with Crippen molar-refractivity contribution in [3.63, 3.8) is 0 Å².